The van der Waals surface area contributed by atoms with Crippen molar-refractivity contribution < 1.29 is 34.4 Å². The largest absolute Gasteiger partial charge is 1.00 e. The Kier molecular flexibility index (Phi) is 27.9. The van der Waals surface area contributed by atoms with Crippen LogP contribution in [0.5, 0.6) is 0 Å². The molecule has 9 heavy (non-hydrogen) atoms. The fourth-order valence-electron chi connectivity index (χ4n) is 0. The van der Waals surface area contributed by atoms with Crippen LogP contribution in [0.15, 0.2) is 0 Å². The summed E-state index contributed by atoms with van der Waals surface area (Å²) in [4.78, 5) is 9.48. The average Bonchev–Trinajstić information content (AvgIpc) is 1.69. The maximum Gasteiger partial charge on any atom is 1.00 e. The Hall–Kier alpha value is -0.0200. The second-order valence-corrected chi connectivity index (χ2v) is 0.888. The first-order chi connectivity index (χ1) is 3.68. The molecule has 0 atom stereocenters. The van der Waals surface area contributed by atoms with Crippen LogP contribution in [0.1, 0.15) is 0 Å². The molecule has 0 aromatic carbocycles. The molecule has 0 saturated carbocycles. The molecule has 0 heterocycles. The summed E-state index contributed by atoms with van der Waals surface area (Å²) in [7, 11) is 1.47. The number of amides is 2. The third-order valence-corrected chi connectivity index (χ3v) is 0.246. The molecule has 0 saturated heterocycles. The predicted molar refractivity (Wildman–Crippen MR) is 31.6 cm³/mol. The van der Waals surface area contributed by atoms with Crippen LogP contribution >= 0.6 is 0 Å². The van der Waals surface area contributed by atoms with E-state index >= 15 is 0 Å². The van der Waals surface area contributed by atoms with Gasteiger partial charge in [0, 0.05) is 7.05 Å². The summed E-state index contributed by atoms with van der Waals surface area (Å²) in [5.74, 6) is 0. The van der Waals surface area contributed by atoms with Gasteiger partial charge in [-0.2, -0.15) is 0 Å². The van der Waals surface area contributed by atoms with Gasteiger partial charge in [0.25, 0.3) is 0 Å². The van der Waals surface area contributed by atoms with Gasteiger partial charge in [0.1, 0.15) is 0 Å². The molecule has 3 N–H and O–H groups in total. The quantitative estimate of drug-likeness (QED) is 0.215. The van der Waals surface area contributed by atoms with Crippen LogP contribution in [0.4, 0.5) is 4.79 Å². The van der Waals surface area contributed by atoms with Gasteiger partial charge in [0.15, 0.2) is 0 Å². The maximum absolute atomic E-state index is 9.48. The standard InChI is InChI=1S/C2H6N2O.CHNS.Na/c1-4-2(3)5;2-1-3;/h1H3,(H3,3,4,5);3H;/q;;+1/p-1. The van der Waals surface area contributed by atoms with Gasteiger partial charge in [-0.05, 0) is 0 Å². The monoisotopic (exact) mass is 155 g/mol. The topological polar surface area (TPSA) is 78.9 Å². The van der Waals surface area contributed by atoms with Gasteiger partial charge in [-0.1, -0.05) is 5.40 Å². The molecule has 0 rings (SSSR count). The Labute approximate surface area is 81.5 Å². The molecular formula is C3H6N3NaOS. The number of nitrogens with one attached hydrogen (secondary N) is 1. The molecular weight excluding hydrogens is 149 g/mol. The molecule has 0 fully saturated rings. The SMILES string of the molecule is CNC(N)=O.N#C[S-].[Na+]. The molecule has 0 aromatic heterocycles. The summed E-state index contributed by atoms with van der Waals surface area (Å²) in [6.45, 7) is 0. The van der Waals surface area contributed by atoms with Gasteiger partial charge in [0.2, 0.25) is 0 Å². The molecule has 0 aliphatic rings. The maximum atomic E-state index is 9.48. The average molecular weight is 155 g/mol. The van der Waals surface area contributed by atoms with Crippen LogP contribution in [-0.4, -0.2) is 13.1 Å². The molecule has 0 radical (unpaired) electrons. The number of urea groups is 1. The number of carbonyl (C=O) groups is 1. The van der Waals surface area contributed by atoms with Crippen molar-refractivity contribution in [2.75, 3.05) is 7.05 Å². The number of nitrogens with two attached hydrogens (primary N) is 1. The van der Waals surface area contributed by atoms with E-state index in [1.807, 2.05) is 0 Å². The summed E-state index contributed by atoms with van der Waals surface area (Å²) in [6, 6.07) is -0.495. The van der Waals surface area contributed by atoms with Crippen LogP contribution in [0.3, 0.4) is 0 Å². The fraction of sp³-hybridized carbons (Fsp3) is 0.333. The summed E-state index contributed by atoms with van der Waals surface area (Å²) < 4.78 is 0. The van der Waals surface area contributed by atoms with E-state index in [0.29, 0.717) is 0 Å². The van der Waals surface area contributed by atoms with Gasteiger partial charge in [-0.3, -0.25) is 0 Å². The summed E-state index contributed by atoms with van der Waals surface area (Å²) >= 11 is 3.70. The van der Waals surface area contributed by atoms with Crippen molar-refractivity contribution in [3.63, 3.8) is 0 Å². The molecule has 0 aliphatic carbocycles. The molecule has 0 aromatic rings. The van der Waals surface area contributed by atoms with Crippen molar-refractivity contribution in [2.45, 2.75) is 0 Å². The zero-order chi connectivity index (χ0) is 6.99. The van der Waals surface area contributed by atoms with Crippen LogP contribution in [0.25, 0.3) is 0 Å². The smallest absolute Gasteiger partial charge is 0.696 e. The molecule has 0 unspecified atom stereocenters. The molecule has 0 spiro atoms. The van der Waals surface area contributed by atoms with Gasteiger partial charge in [0.05, 0.1) is 0 Å². The number of hydrogen-bond donors (Lipinski definition) is 2. The minimum atomic E-state index is -0.495. The zero-order valence-corrected chi connectivity index (χ0v) is 8.16. The third kappa shape index (κ3) is 72.8. The van der Waals surface area contributed by atoms with E-state index in [-0.39, 0.29) is 29.6 Å². The van der Waals surface area contributed by atoms with Gasteiger partial charge >= 0.3 is 35.6 Å². The van der Waals surface area contributed by atoms with E-state index < -0.39 is 6.03 Å². The summed E-state index contributed by atoms with van der Waals surface area (Å²) in [5.41, 5.74) is 4.54. The van der Waals surface area contributed by atoms with Gasteiger partial charge in [-0.25, -0.2) is 10.1 Å². The van der Waals surface area contributed by atoms with E-state index in [1.54, 1.807) is 0 Å². The number of carbonyl (C=O) groups excluding carboxylic acids is 1. The Bertz CT molecular complexity index is 102. The second-order valence-electron chi connectivity index (χ2n) is 0.706. The fourth-order valence-corrected chi connectivity index (χ4v) is 0. The third-order valence-electron chi connectivity index (χ3n) is 0.246. The number of nitrogens with zero attached hydrogens (tertiary/aromatic N) is 1. The molecule has 6 heteroatoms. The number of primary amides is 1. The number of thiocyanates is 1. The number of hydrogen-bond acceptors (Lipinski definition) is 3. The Morgan fingerprint density at radius 2 is 2.00 bits per heavy atom. The Morgan fingerprint density at radius 3 is 2.00 bits per heavy atom. The molecule has 46 valence electrons. The normalized spacial score (nSPS) is 4.44. The molecule has 4 nitrogen and oxygen atoms in total. The molecule has 2 amide bonds. The molecule has 0 aliphatic heterocycles. The van der Waals surface area contributed by atoms with Crippen molar-refractivity contribution in [3.05, 3.63) is 0 Å². The van der Waals surface area contributed by atoms with Crippen LogP contribution in [0, 0.1) is 10.7 Å². The summed E-state index contributed by atoms with van der Waals surface area (Å²) in [6.07, 6.45) is 0. The van der Waals surface area contributed by atoms with E-state index in [9.17, 15) is 4.79 Å². The number of nitriles is 1. The van der Waals surface area contributed by atoms with Crippen molar-refractivity contribution in [2.24, 2.45) is 5.73 Å². The minimum absolute atomic E-state index is 0. The minimum Gasteiger partial charge on any atom is -0.696 e. The van der Waals surface area contributed by atoms with E-state index in [1.165, 1.54) is 12.4 Å². The van der Waals surface area contributed by atoms with Crippen molar-refractivity contribution in [1.29, 1.82) is 5.26 Å². The summed E-state index contributed by atoms with van der Waals surface area (Å²) in [5, 5.41) is 10.6. The zero-order valence-electron chi connectivity index (χ0n) is 5.34. The second kappa shape index (κ2) is 15.7. The first kappa shape index (κ1) is 16.0. The van der Waals surface area contributed by atoms with E-state index in [2.05, 4.69) is 23.7 Å². The van der Waals surface area contributed by atoms with Crippen LogP contribution in [-0.2, 0) is 12.6 Å². The van der Waals surface area contributed by atoms with Crippen molar-refractivity contribution in [3.8, 4) is 5.40 Å². The first-order valence-electron chi connectivity index (χ1n) is 1.67. The predicted octanol–water partition coefficient (Wildman–Crippen LogP) is -3.70. The first-order valence-corrected chi connectivity index (χ1v) is 2.08. The van der Waals surface area contributed by atoms with Crippen LogP contribution in [0.2, 0.25) is 0 Å². The van der Waals surface area contributed by atoms with E-state index in [4.69, 9.17) is 5.26 Å². The number of rotatable bonds is 0. The van der Waals surface area contributed by atoms with Crippen molar-refractivity contribution in [1.82, 2.24) is 5.32 Å². The van der Waals surface area contributed by atoms with Gasteiger partial charge < -0.3 is 23.7 Å². The molecule has 0 bridgehead atoms. The van der Waals surface area contributed by atoms with Crippen LogP contribution < -0.4 is 40.6 Å². The Balaban J connectivity index is -0.0000000800. The van der Waals surface area contributed by atoms with Gasteiger partial charge in [-0.15, -0.1) is 0 Å². The van der Waals surface area contributed by atoms with E-state index in [0.717, 1.165) is 0 Å². The van der Waals surface area contributed by atoms with Crippen molar-refractivity contribution >= 4 is 18.7 Å². The Morgan fingerprint density at radius 1 is 1.89 bits per heavy atom.